The molecule has 5 atom stereocenters. The van der Waals surface area contributed by atoms with E-state index < -0.39 is 0 Å². The first kappa shape index (κ1) is 25.5. The van der Waals surface area contributed by atoms with E-state index in [9.17, 15) is 4.79 Å². The number of fused-ring (bicyclic) bond motifs is 7. The Balaban J connectivity index is 1.05. The zero-order chi connectivity index (χ0) is 28.3. The summed E-state index contributed by atoms with van der Waals surface area (Å²) in [6.07, 6.45) is 7.05. The molecule has 5 aromatic rings. The highest BCUT2D eigenvalue weighted by Gasteiger charge is 2.56. The monoisotopic (exact) mass is 553 g/mol. The molecule has 210 valence electrons. The van der Waals surface area contributed by atoms with Crippen molar-refractivity contribution in [2.75, 3.05) is 0 Å². The largest absolute Gasteiger partial charge is 0.488 e. The molecule has 4 aromatic carbocycles. The average molecular weight is 554 g/mol. The third-order valence-corrected chi connectivity index (χ3v) is 10.6. The normalized spacial score (nSPS) is 26.3. The molecule has 0 aliphatic heterocycles. The van der Waals surface area contributed by atoms with Crippen LogP contribution in [0.15, 0.2) is 97.1 Å². The molecular formula is C38H35NO3. The van der Waals surface area contributed by atoms with Crippen molar-refractivity contribution in [3.63, 3.8) is 0 Å². The standard InChI is InChI=1S/C38H35NO3/c1-38-22-21-28-27-18-16-26(41-37(40)24-9-3-2-4-10-24)23-25(27)15-17-29(28)32(38)19-20-35(38)42-36-30-11-5-7-13-33(30)39-34-14-8-6-12-31(34)36/h2-14,16,18,23,28-29,32,35H,15,17,19-22H2,1H3/t28-,29-,32+,35+,38+/m1/s1. The highest BCUT2D eigenvalue weighted by Crippen LogP contribution is 2.62. The Morgan fingerprint density at radius 1 is 0.810 bits per heavy atom. The SMILES string of the molecule is C[C@]12CC[C@@H]3c4ccc(OC(=O)c5ccccc5)cc4CC[C@H]3[C@@H]1CC[C@@H]2Oc1c2ccccc2nc2ccccc12. The summed E-state index contributed by atoms with van der Waals surface area (Å²) in [5.41, 5.74) is 5.52. The minimum Gasteiger partial charge on any atom is -0.488 e. The first-order valence-electron chi connectivity index (χ1n) is 15.4. The number of hydrogen-bond acceptors (Lipinski definition) is 4. The van der Waals surface area contributed by atoms with E-state index in [2.05, 4.69) is 67.6 Å². The molecule has 1 aromatic heterocycles. The van der Waals surface area contributed by atoms with Crippen LogP contribution in [-0.2, 0) is 6.42 Å². The lowest BCUT2D eigenvalue weighted by atomic mass is 9.55. The molecule has 2 fully saturated rings. The Kier molecular flexibility index (Phi) is 6.06. The van der Waals surface area contributed by atoms with Gasteiger partial charge < -0.3 is 9.47 Å². The first-order valence-corrected chi connectivity index (χ1v) is 15.4. The number of pyridine rings is 1. The molecular weight excluding hydrogens is 518 g/mol. The highest BCUT2D eigenvalue weighted by atomic mass is 16.5. The third-order valence-electron chi connectivity index (χ3n) is 10.6. The van der Waals surface area contributed by atoms with Gasteiger partial charge in [-0.3, -0.25) is 0 Å². The molecule has 8 rings (SSSR count). The van der Waals surface area contributed by atoms with Crippen molar-refractivity contribution in [3.8, 4) is 11.5 Å². The summed E-state index contributed by atoms with van der Waals surface area (Å²) in [5, 5.41) is 2.21. The van der Waals surface area contributed by atoms with Gasteiger partial charge in [0.2, 0.25) is 0 Å². The second-order valence-corrected chi connectivity index (χ2v) is 12.7. The van der Waals surface area contributed by atoms with Crippen LogP contribution < -0.4 is 9.47 Å². The van der Waals surface area contributed by atoms with E-state index in [1.54, 1.807) is 12.1 Å². The van der Waals surface area contributed by atoms with Gasteiger partial charge in [-0.05, 0) is 116 Å². The summed E-state index contributed by atoms with van der Waals surface area (Å²) < 4.78 is 12.9. The summed E-state index contributed by atoms with van der Waals surface area (Å²) in [7, 11) is 0. The number of nitrogens with zero attached hydrogens (tertiary/aromatic N) is 1. The molecule has 0 spiro atoms. The number of rotatable bonds is 4. The zero-order valence-corrected chi connectivity index (χ0v) is 24.0. The van der Waals surface area contributed by atoms with Crippen molar-refractivity contribution in [2.45, 2.75) is 57.5 Å². The van der Waals surface area contributed by atoms with Crippen LogP contribution in [-0.4, -0.2) is 17.1 Å². The molecule has 4 nitrogen and oxygen atoms in total. The molecule has 0 bridgehead atoms. The van der Waals surface area contributed by atoms with Gasteiger partial charge in [-0.1, -0.05) is 55.5 Å². The number of para-hydroxylation sites is 2. The number of carbonyl (C=O) groups excluding carboxylic acids is 1. The first-order chi connectivity index (χ1) is 20.6. The Morgan fingerprint density at radius 3 is 2.29 bits per heavy atom. The predicted octanol–water partition coefficient (Wildman–Crippen LogP) is 8.91. The summed E-state index contributed by atoms with van der Waals surface area (Å²) in [6, 6.07) is 32.3. The molecule has 0 saturated heterocycles. The molecule has 0 amide bonds. The molecule has 2 saturated carbocycles. The van der Waals surface area contributed by atoms with Crippen LogP contribution >= 0.6 is 0 Å². The van der Waals surface area contributed by atoms with Crippen molar-refractivity contribution in [3.05, 3.63) is 114 Å². The topological polar surface area (TPSA) is 48.4 Å². The molecule has 3 aliphatic rings. The molecule has 1 heterocycles. The van der Waals surface area contributed by atoms with Crippen LogP contribution in [0.3, 0.4) is 0 Å². The van der Waals surface area contributed by atoms with Gasteiger partial charge in [-0.2, -0.15) is 0 Å². The summed E-state index contributed by atoms with van der Waals surface area (Å²) in [6.45, 7) is 2.50. The van der Waals surface area contributed by atoms with Gasteiger partial charge in [0.1, 0.15) is 17.6 Å². The maximum atomic E-state index is 12.6. The Labute approximate surface area is 246 Å². The number of aromatic nitrogens is 1. The fourth-order valence-electron chi connectivity index (χ4n) is 8.58. The second-order valence-electron chi connectivity index (χ2n) is 12.7. The van der Waals surface area contributed by atoms with Crippen molar-refractivity contribution in [1.82, 2.24) is 4.98 Å². The summed E-state index contributed by atoms with van der Waals surface area (Å²) in [5.74, 6) is 3.21. The fraction of sp³-hybridized carbons (Fsp3) is 0.316. The highest BCUT2D eigenvalue weighted by molar-refractivity contribution is 6.00. The number of carbonyl (C=O) groups is 1. The maximum absolute atomic E-state index is 12.6. The molecule has 0 N–H and O–H groups in total. The lowest BCUT2D eigenvalue weighted by molar-refractivity contribution is -0.00955. The number of hydrogen-bond donors (Lipinski definition) is 0. The predicted molar refractivity (Wildman–Crippen MR) is 166 cm³/mol. The van der Waals surface area contributed by atoms with Crippen LogP contribution in [0, 0.1) is 17.3 Å². The number of esters is 1. The maximum Gasteiger partial charge on any atom is 0.343 e. The minimum absolute atomic E-state index is 0.148. The van der Waals surface area contributed by atoms with E-state index >= 15 is 0 Å². The van der Waals surface area contributed by atoms with E-state index in [1.807, 2.05) is 24.3 Å². The van der Waals surface area contributed by atoms with Gasteiger partial charge in [-0.25, -0.2) is 9.78 Å². The van der Waals surface area contributed by atoms with Gasteiger partial charge in [0.15, 0.2) is 0 Å². The summed E-state index contributed by atoms with van der Waals surface area (Å²) >= 11 is 0. The zero-order valence-electron chi connectivity index (χ0n) is 24.0. The quantitative estimate of drug-likeness (QED) is 0.127. The lowest BCUT2D eigenvalue weighted by Gasteiger charge is -2.50. The van der Waals surface area contributed by atoms with E-state index in [-0.39, 0.29) is 17.5 Å². The van der Waals surface area contributed by atoms with Crippen molar-refractivity contribution >= 4 is 27.8 Å². The Bertz CT molecular complexity index is 1760. The van der Waals surface area contributed by atoms with Crippen LogP contribution in [0.4, 0.5) is 0 Å². The van der Waals surface area contributed by atoms with Crippen molar-refractivity contribution in [2.24, 2.45) is 17.3 Å². The second kappa shape index (κ2) is 9.97. The Hall–Kier alpha value is -4.18. The van der Waals surface area contributed by atoms with Crippen molar-refractivity contribution in [1.29, 1.82) is 0 Å². The number of aryl methyl sites for hydroxylation is 1. The lowest BCUT2D eigenvalue weighted by Crippen LogP contribution is -2.45. The minimum atomic E-state index is -0.301. The van der Waals surface area contributed by atoms with E-state index in [0.29, 0.717) is 29.1 Å². The van der Waals surface area contributed by atoms with Crippen molar-refractivity contribution < 1.29 is 14.3 Å². The van der Waals surface area contributed by atoms with Crippen LogP contribution in [0.1, 0.15) is 66.4 Å². The van der Waals surface area contributed by atoms with E-state index in [1.165, 1.54) is 30.4 Å². The third kappa shape index (κ3) is 4.11. The van der Waals surface area contributed by atoms with Gasteiger partial charge in [-0.15, -0.1) is 0 Å². The number of benzene rings is 4. The molecule has 42 heavy (non-hydrogen) atoms. The van der Waals surface area contributed by atoms with Gasteiger partial charge in [0.25, 0.3) is 0 Å². The van der Waals surface area contributed by atoms with E-state index in [0.717, 1.165) is 46.8 Å². The smallest absolute Gasteiger partial charge is 0.343 e. The molecule has 4 heteroatoms. The fourth-order valence-corrected chi connectivity index (χ4v) is 8.58. The number of ether oxygens (including phenoxy) is 2. The molecule has 3 aliphatic carbocycles. The van der Waals surface area contributed by atoms with Gasteiger partial charge in [0, 0.05) is 16.2 Å². The molecule has 0 unspecified atom stereocenters. The Morgan fingerprint density at radius 2 is 1.52 bits per heavy atom. The van der Waals surface area contributed by atoms with Crippen LogP contribution in [0.5, 0.6) is 11.5 Å². The van der Waals surface area contributed by atoms with Gasteiger partial charge in [0.05, 0.1) is 16.6 Å². The van der Waals surface area contributed by atoms with Crippen LogP contribution in [0.2, 0.25) is 0 Å². The molecule has 0 radical (unpaired) electrons. The average Bonchev–Trinajstić information content (AvgIpc) is 3.37. The van der Waals surface area contributed by atoms with Crippen LogP contribution in [0.25, 0.3) is 21.8 Å². The van der Waals surface area contributed by atoms with Gasteiger partial charge >= 0.3 is 5.97 Å². The van der Waals surface area contributed by atoms with E-state index in [4.69, 9.17) is 14.5 Å². The summed E-state index contributed by atoms with van der Waals surface area (Å²) in [4.78, 5) is 17.6.